The van der Waals surface area contributed by atoms with Crippen LogP contribution in [-0.2, 0) is 11.4 Å². The summed E-state index contributed by atoms with van der Waals surface area (Å²) < 4.78 is 35.5. The van der Waals surface area contributed by atoms with E-state index < -0.39 is 12.8 Å². The Morgan fingerprint density at radius 2 is 2.00 bits per heavy atom. The van der Waals surface area contributed by atoms with E-state index in [0.717, 1.165) is 5.39 Å². The maximum atomic E-state index is 11.8. The quantitative estimate of drug-likeness (QED) is 0.662. The van der Waals surface area contributed by atoms with Crippen LogP contribution in [0.1, 0.15) is 5.56 Å². The monoisotopic (exact) mass is 272 g/mol. The minimum atomic E-state index is -4.40. The van der Waals surface area contributed by atoms with E-state index in [1.165, 1.54) is 0 Å². The van der Waals surface area contributed by atoms with Gasteiger partial charge in [-0.15, -0.1) is 0 Å². The summed E-state index contributed by atoms with van der Waals surface area (Å²) in [5, 5.41) is 0.801. The summed E-state index contributed by atoms with van der Waals surface area (Å²) in [6.45, 7) is -1.51. The van der Waals surface area contributed by atoms with Gasteiger partial charge in [0.05, 0.1) is 6.54 Å². The molecule has 7 heteroatoms. The molecule has 19 heavy (non-hydrogen) atoms. The number of nitrogens with one attached hydrogen (secondary N) is 2. The topological polar surface area (TPSA) is 54.1 Å². The van der Waals surface area contributed by atoms with E-state index in [9.17, 15) is 18.0 Å². The normalized spacial score (nSPS) is 11.9. The Morgan fingerprint density at radius 3 is 2.74 bits per heavy atom. The third-order valence-corrected chi connectivity index (χ3v) is 2.43. The van der Waals surface area contributed by atoms with Crippen molar-refractivity contribution in [1.82, 2.24) is 10.5 Å². The lowest BCUT2D eigenvalue weighted by Crippen LogP contribution is -2.26. The van der Waals surface area contributed by atoms with Gasteiger partial charge in [-0.3, -0.25) is 9.63 Å². The van der Waals surface area contributed by atoms with E-state index in [1.807, 2.05) is 0 Å². The summed E-state index contributed by atoms with van der Waals surface area (Å²) in [4.78, 5) is 18.5. The predicted octanol–water partition coefficient (Wildman–Crippen LogP) is 2.11. The lowest BCUT2D eigenvalue weighted by Gasteiger charge is -2.08. The van der Waals surface area contributed by atoms with E-state index in [-0.39, 0.29) is 12.1 Å². The molecule has 0 fully saturated rings. The van der Waals surface area contributed by atoms with Crippen LogP contribution >= 0.6 is 0 Å². The number of hydrogen-bond acceptors (Lipinski definition) is 3. The van der Waals surface area contributed by atoms with Gasteiger partial charge in [0.2, 0.25) is 0 Å². The second-order valence-electron chi connectivity index (χ2n) is 3.94. The van der Waals surface area contributed by atoms with Crippen LogP contribution in [0.4, 0.5) is 13.2 Å². The summed E-state index contributed by atoms with van der Waals surface area (Å²) >= 11 is 0. The fourth-order valence-corrected chi connectivity index (χ4v) is 1.59. The molecule has 0 bridgehead atoms. The number of aromatic amines is 1. The molecule has 2 N–H and O–H groups in total. The van der Waals surface area contributed by atoms with Crippen molar-refractivity contribution in [3.05, 3.63) is 46.2 Å². The van der Waals surface area contributed by atoms with Crippen LogP contribution in [0.2, 0.25) is 0 Å². The molecule has 0 atom stereocenters. The molecule has 1 heterocycles. The van der Waals surface area contributed by atoms with Crippen LogP contribution < -0.4 is 11.0 Å². The summed E-state index contributed by atoms with van der Waals surface area (Å²) in [6.07, 6.45) is -4.40. The number of rotatable bonds is 4. The van der Waals surface area contributed by atoms with Gasteiger partial charge in [-0.1, -0.05) is 18.2 Å². The van der Waals surface area contributed by atoms with E-state index in [2.05, 4.69) is 15.3 Å². The van der Waals surface area contributed by atoms with Crippen molar-refractivity contribution in [1.29, 1.82) is 0 Å². The van der Waals surface area contributed by atoms with Gasteiger partial charge in [0.1, 0.15) is 0 Å². The first-order valence-electron chi connectivity index (χ1n) is 5.48. The molecule has 0 aliphatic carbocycles. The Hall–Kier alpha value is -1.86. The number of benzene rings is 1. The van der Waals surface area contributed by atoms with Gasteiger partial charge < -0.3 is 4.98 Å². The van der Waals surface area contributed by atoms with Crippen molar-refractivity contribution < 1.29 is 18.0 Å². The summed E-state index contributed by atoms with van der Waals surface area (Å²) in [5.41, 5.74) is 2.74. The average Bonchev–Trinajstić information content (AvgIpc) is 2.33. The number of alkyl halides is 3. The highest BCUT2D eigenvalue weighted by Gasteiger charge is 2.27. The van der Waals surface area contributed by atoms with Crippen molar-refractivity contribution in [2.75, 3.05) is 6.61 Å². The highest BCUT2D eigenvalue weighted by Crippen LogP contribution is 2.14. The molecule has 1 aromatic heterocycles. The fraction of sp³-hybridized carbons (Fsp3) is 0.250. The number of halogens is 3. The van der Waals surface area contributed by atoms with Crippen molar-refractivity contribution in [3.63, 3.8) is 0 Å². The minimum Gasteiger partial charge on any atom is -0.322 e. The molecule has 0 amide bonds. The van der Waals surface area contributed by atoms with Gasteiger partial charge in [-0.2, -0.15) is 18.7 Å². The van der Waals surface area contributed by atoms with Crippen LogP contribution in [0, 0.1) is 0 Å². The number of para-hydroxylation sites is 1. The molecule has 0 saturated carbocycles. The van der Waals surface area contributed by atoms with E-state index in [0.29, 0.717) is 11.1 Å². The zero-order valence-corrected chi connectivity index (χ0v) is 9.75. The predicted molar refractivity (Wildman–Crippen MR) is 63.4 cm³/mol. The average molecular weight is 272 g/mol. The van der Waals surface area contributed by atoms with Crippen LogP contribution in [0.5, 0.6) is 0 Å². The molecule has 0 saturated heterocycles. The van der Waals surface area contributed by atoms with Gasteiger partial charge >= 0.3 is 6.18 Å². The van der Waals surface area contributed by atoms with E-state index in [4.69, 9.17) is 0 Å². The Morgan fingerprint density at radius 1 is 1.26 bits per heavy atom. The second-order valence-corrected chi connectivity index (χ2v) is 3.94. The molecular formula is C12H11F3N2O2. The lowest BCUT2D eigenvalue weighted by atomic mass is 10.1. The van der Waals surface area contributed by atoms with Gasteiger partial charge in [0, 0.05) is 11.1 Å². The van der Waals surface area contributed by atoms with Crippen LogP contribution in [-0.4, -0.2) is 17.8 Å². The molecule has 0 aliphatic heterocycles. The summed E-state index contributed by atoms with van der Waals surface area (Å²) in [6, 6.07) is 8.73. The van der Waals surface area contributed by atoms with Crippen molar-refractivity contribution in [2.24, 2.45) is 0 Å². The number of fused-ring (bicyclic) bond motifs is 1. The zero-order valence-electron chi connectivity index (χ0n) is 9.75. The molecule has 0 unspecified atom stereocenters. The number of hydrogen-bond donors (Lipinski definition) is 2. The maximum Gasteiger partial charge on any atom is 0.413 e. The Bertz CT molecular complexity index is 622. The van der Waals surface area contributed by atoms with Gasteiger partial charge in [0.25, 0.3) is 5.56 Å². The third kappa shape index (κ3) is 3.80. The number of aromatic nitrogens is 1. The molecule has 0 aliphatic rings. The second kappa shape index (κ2) is 5.41. The lowest BCUT2D eigenvalue weighted by molar-refractivity contribution is -0.190. The van der Waals surface area contributed by atoms with Crippen molar-refractivity contribution in [2.45, 2.75) is 12.7 Å². The largest absolute Gasteiger partial charge is 0.413 e. The molecule has 1 aromatic carbocycles. The SMILES string of the molecule is O=c1[nH]c2ccccc2cc1CNOCC(F)(F)F. The zero-order chi connectivity index (χ0) is 13.9. The minimum absolute atomic E-state index is 0.101. The number of pyridine rings is 1. The number of H-pyrrole nitrogens is 1. The Balaban J connectivity index is 2.04. The summed E-state index contributed by atoms with van der Waals surface area (Å²) in [7, 11) is 0. The highest BCUT2D eigenvalue weighted by atomic mass is 19.4. The molecule has 4 nitrogen and oxygen atoms in total. The Labute approximate surface area is 106 Å². The van der Waals surface area contributed by atoms with Gasteiger partial charge in [-0.25, -0.2) is 0 Å². The first kappa shape index (κ1) is 13.6. The summed E-state index contributed by atoms with van der Waals surface area (Å²) in [5.74, 6) is 0. The van der Waals surface area contributed by atoms with Crippen molar-refractivity contribution in [3.8, 4) is 0 Å². The fourth-order valence-electron chi connectivity index (χ4n) is 1.59. The van der Waals surface area contributed by atoms with E-state index >= 15 is 0 Å². The molecule has 2 aromatic rings. The molecule has 0 radical (unpaired) electrons. The standard InChI is InChI=1S/C12H11F3N2O2/c13-12(14,15)7-19-16-6-9-5-8-3-1-2-4-10(8)17-11(9)18/h1-5,16H,6-7H2,(H,17,18). The first-order chi connectivity index (χ1) is 8.96. The molecule has 2 rings (SSSR count). The van der Waals surface area contributed by atoms with Crippen LogP contribution in [0.25, 0.3) is 10.9 Å². The molecular weight excluding hydrogens is 261 g/mol. The Kier molecular flexibility index (Phi) is 3.87. The third-order valence-electron chi connectivity index (χ3n) is 2.43. The highest BCUT2D eigenvalue weighted by molar-refractivity contribution is 5.78. The molecule has 102 valence electrons. The maximum absolute atomic E-state index is 11.8. The first-order valence-corrected chi connectivity index (χ1v) is 5.48. The van der Waals surface area contributed by atoms with Crippen LogP contribution in [0.3, 0.4) is 0 Å². The van der Waals surface area contributed by atoms with E-state index in [1.54, 1.807) is 30.3 Å². The smallest absolute Gasteiger partial charge is 0.322 e. The number of hydroxylamine groups is 1. The van der Waals surface area contributed by atoms with Gasteiger partial charge in [0.15, 0.2) is 6.61 Å². The molecule has 0 spiro atoms. The van der Waals surface area contributed by atoms with Gasteiger partial charge in [-0.05, 0) is 17.5 Å². The van der Waals surface area contributed by atoms with Crippen LogP contribution in [0.15, 0.2) is 35.1 Å². The van der Waals surface area contributed by atoms with Crippen molar-refractivity contribution >= 4 is 10.9 Å².